The summed E-state index contributed by atoms with van der Waals surface area (Å²) in [5.41, 5.74) is 2.25. The van der Waals surface area contributed by atoms with E-state index in [9.17, 15) is 0 Å². The molecule has 0 aliphatic carbocycles. The molecule has 148 valence electrons. The van der Waals surface area contributed by atoms with Crippen molar-refractivity contribution >= 4 is 34.3 Å². The summed E-state index contributed by atoms with van der Waals surface area (Å²) in [5.74, 6) is 0.984. The summed E-state index contributed by atoms with van der Waals surface area (Å²) < 4.78 is 12.3. The Hall–Kier alpha value is -2.97. The molecule has 3 aromatic rings. The number of hydrogen-bond acceptors (Lipinski definition) is 8. The van der Waals surface area contributed by atoms with Crippen LogP contribution in [0.25, 0.3) is 21.7 Å². The fourth-order valence-corrected chi connectivity index (χ4v) is 4.43. The van der Waals surface area contributed by atoms with Crippen molar-refractivity contribution in [3.8, 4) is 16.3 Å². The number of nitrogens with one attached hydrogen (secondary N) is 1. The third-order valence-electron chi connectivity index (χ3n) is 5.09. The van der Waals surface area contributed by atoms with Gasteiger partial charge in [-0.15, -0.1) is 11.3 Å². The van der Waals surface area contributed by atoms with Crippen molar-refractivity contribution in [2.24, 2.45) is 4.99 Å². The van der Waals surface area contributed by atoms with E-state index in [0.717, 1.165) is 23.7 Å². The van der Waals surface area contributed by atoms with E-state index < -0.39 is 0 Å². The number of ether oxygens (including phenoxy) is 1. The molecule has 0 radical (unpaired) electrons. The highest BCUT2D eigenvalue weighted by molar-refractivity contribution is 7.13. The van der Waals surface area contributed by atoms with E-state index in [1.165, 1.54) is 6.42 Å². The van der Waals surface area contributed by atoms with E-state index in [-0.39, 0.29) is 0 Å². The standard InChI is InChI=1S/C21H21N5O2S/c1-3-7-22-17(4-2)27-16-6-5-15(20-23-8-9-29-20)19-18(16)25-21(28-19)26-11-13-10-14(12-26)24-13/h3-9,13-14,24H,2,10-12H2,1H3/b7-3-,22-17+. The highest BCUT2D eigenvalue weighted by Gasteiger charge is 2.38. The number of nitrogens with zero attached hydrogens (tertiary/aromatic N) is 4. The Morgan fingerprint density at radius 2 is 2.24 bits per heavy atom. The lowest BCUT2D eigenvalue weighted by Gasteiger charge is -2.47. The number of anilines is 1. The normalized spacial score (nSPS) is 21.6. The lowest BCUT2D eigenvalue weighted by atomic mass is 9.92. The van der Waals surface area contributed by atoms with Crippen LogP contribution in [0.4, 0.5) is 6.01 Å². The Morgan fingerprint density at radius 1 is 1.41 bits per heavy atom. The molecule has 6 rings (SSSR count). The van der Waals surface area contributed by atoms with E-state index in [4.69, 9.17) is 14.1 Å². The number of hydrogen-bond donors (Lipinski definition) is 1. The molecule has 3 saturated heterocycles. The van der Waals surface area contributed by atoms with Gasteiger partial charge in [-0.25, -0.2) is 9.98 Å². The third kappa shape index (κ3) is 3.34. The second-order valence-corrected chi connectivity index (χ2v) is 7.97. The Bertz CT molecular complexity index is 1090. The maximum Gasteiger partial charge on any atom is 0.298 e. The van der Waals surface area contributed by atoms with Gasteiger partial charge in [0.15, 0.2) is 16.8 Å². The van der Waals surface area contributed by atoms with Gasteiger partial charge < -0.3 is 19.4 Å². The van der Waals surface area contributed by atoms with Crippen molar-refractivity contribution in [1.82, 2.24) is 15.3 Å². The summed E-state index contributed by atoms with van der Waals surface area (Å²) in [5, 5.41) is 6.37. The Balaban J connectivity index is 1.58. The van der Waals surface area contributed by atoms with E-state index in [2.05, 4.69) is 26.8 Å². The average molecular weight is 407 g/mol. The van der Waals surface area contributed by atoms with Crippen LogP contribution in [0.2, 0.25) is 0 Å². The van der Waals surface area contributed by atoms with Gasteiger partial charge in [0, 0.05) is 43.0 Å². The van der Waals surface area contributed by atoms with Crippen LogP contribution < -0.4 is 15.0 Å². The second kappa shape index (κ2) is 7.46. The van der Waals surface area contributed by atoms with Gasteiger partial charge in [0.05, 0.1) is 5.56 Å². The van der Waals surface area contributed by atoms with Gasteiger partial charge in [-0.1, -0.05) is 12.7 Å². The number of piperidine rings is 1. The van der Waals surface area contributed by atoms with Crippen molar-refractivity contribution in [2.45, 2.75) is 25.4 Å². The fourth-order valence-electron chi connectivity index (χ4n) is 3.77. The van der Waals surface area contributed by atoms with E-state index in [1.54, 1.807) is 29.8 Å². The molecule has 1 aromatic carbocycles. The molecular weight excluding hydrogens is 386 g/mol. The molecule has 3 aliphatic rings. The summed E-state index contributed by atoms with van der Waals surface area (Å²) in [4.78, 5) is 15.7. The lowest BCUT2D eigenvalue weighted by molar-refractivity contribution is 0.220. The van der Waals surface area contributed by atoms with Crippen LogP contribution in [0.5, 0.6) is 5.75 Å². The first-order valence-electron chi connectivity index (χ1n) is 9.59. The number of aromatic nitrogens is 2. The van der Waals surface area contributed by atoms with Gasteiger partial charge >= 0.3 is 0 Å². The summed E-state index contributed by atoms with van der Waals surface area (Å²) in [6.07, 6.45) is 8.08. The van der Waals surface area contributed by atoms with Crippen LogP contribution in [-0.4, -0.2) is 41.0 Å². The van der Waals surface area contributed by atoms with Crippen molar-refractivity contribution in [2.75, 3.05) is 18.0 Å². The molecule has 0 saturated carbocycles. The zero-order chi connectivity index (χ0) is 19.8. The molecule has 2 bridgehead atoms. The number of rotatable bonds is 5. The molecule has 3 fully saturated rings. The zero-order valence-electron chi connectivity index (χ0n) is 16.0. The minimum absolute atomic E-state index is 0.402. The molecule has 3 aliphatic heterocycles. The highest BCUT2D eigenvalue weighted by atomic mass is 32.1. The summed E-state index contributed by atoms with van der Waals surface area (Å²) in [6, 6.07) is 5.49. The maximum absolute atomic E-state index is 6.26. The van der Waals surface area contributed by atoms with Gasteiger partial charge in [0.1, 0.15) is 5.01 Å². The van der Waals surface area contributed by atoms with E-state index in [0.29, 0.717) is 40.8 Å². The SMILES string of the molecule is C=C/C(=N\C=C/C)Oc1ccc(-c2nccs2)c2oc(N3CC4CC(C3)N4)nc12. The van der Waals surface area contributed by atoms with Crippen molar-refractivity contribution in [3.05, 3.63) is 48.6 Å². The lowest BCUT2D eigenvalue weighted by Crippen LogP contribution is -2.67. The maximum atomic E-state index is 6.26. The molecule has 7 nitrogen and oxygen atoms in total. The molecular formula is C21H21N5O2S. The first kappa shape index (κ1) is 18.1. The largest absolute Gasteiger partial charge is 0.437 e. The third-order valence-corrected chi connectivity index (χ3v) is 5.90. The molecule has 1 N–H and O–H groups in total. The molecule has 2 unspecified atom stereocenters. The average Bonchev–Trinajstić information content (AvgIpc) is 3.41. The zero-order valence-corrected chi connectivity index (χ0v) is 16.9. The monoisotopic (exact) mass is 407 g/mol. The number of benzene rings is 1. The number of allylic oxidation sites excluding steroid dienone is 1. The highest BCUT2D eigenvalue weighted by Crippen LogP contribution is 2.38. The van der Waals surface area contributed by atoms with Gasteiger partial charge in [-0.2, -0.15) is 4.98 Å². The van der Waals surface area contributed by atoms with Crippen molar-refractivity contribution < 1.29 is 9.15 Å². The second-order valence-electron chi connectivity index (χ2n) is 7.08. The van der Waals surface area contributed by atoms with E-state index in [1.807, 2.05) is 30.5 Å². The minimum atomic E-state index is 0.402. The van der Waals surface area contributed by atoms with Gasteiger partial charge in [0.2, 0.25) is 5.90 Å². The number of aliphatic imine (C=N–C) groups is 1. The topological polar surface area (TPSA) is 75.8 Å². The summed E-state index contributed by atoms with van der Waals surface area (Å²) in [6.45, 7) is 7.47. The minimum Gasteiger partial charge on any atom is -0.437 e. The quantitative estimate of drug-likeness (QED) is 0.509. The Kier molecular flexibility index (Phi) is 4.65. The smallest absolute Gasteiger partial charge is 0.298 e. The predicted molar refractivity (Wildman–Crippen MR) is 116 cm³/mol. The number of oxazole rings is 1. The van der Waals surface area contributed by atoms with Crippen LogP contribution in [0.3, 0.4) is 0 Å². The molecule has 29 heavy (non-hydrogen) atoms. The molecule has 0 amide bonds. The van der Waals surface area contributed by atoms with Crippen LogP contribution in [0.15, 0.2) is 58.1 Å². The molecule has 2 atom stereocenters. The van der Waals surface area contributed by atoms with E-state index >= 15 is 0 Å². The Labute approximate surface area is 172 Å². The van der Waals surface area contributed by atoms with Crippen LogP contribution in [-0.2, 0) is 0 Å². The molecule has 8 heteroatoms. The summed E-state index contributed by atoms with van der Waals surface area (Å²) >= 11 is 1.57. The van der Waals surface area contributed by atoms with Crippen LogP contribution >= 0.6 is 11.3 Å². The van der Waals surface area contributed by atoms with Gasteiger partial charge in [-0.3, -0.25) is 0 Å². The van der Waals surface area contributed by atoms with Crippen LogP contribution in [0, 0.1) is 0 Å². The number of thiazole rings is 1. The molecule has 2 aromatic heterocycles. The number of piperazine rings is 1. The van der Waals surface area contributed by atoms with Crippen LogP contribution in [0.1, 0.15) is 13.3 Å². The Morgan fingerprint density at radius 3 is 2.93 bits per heavy atom. The fraction of sp³-hybridized carbons (Fsp3) is 0.286. The van der Waals surface area contributed by atoms with Gasteiger partial charge in [-0.05, 0) is 31.6 Å². The first-order valence-corrected chi connectivity index (χ1v) is 10.5. The van der Waals surface area contributed by atoms with Gasteiger partial charge in [0.25, 0.3) is 6.01 Å². The molecule has 0 spiro atoms. The first-order chi connectivity index (χ1) is 14.2. The number of fused-ring (bicyclic) bond motifs is 3. The van der Waals surface area contributed by atoms with Crippen molar-refractivity contribution in [1.29, 1.82) is 0 Å². The summed E-state index contributed by atoms with van der Waals surface area (Å²) in [7, 11) is 0. The molecule has 5 heterocycles. The van der Waals surface area contributed by atoms with Crippen molar-refractivity contribution in [3.63, 3.8) is 0 Å². The predicted octanol–water partition coefficient (Wildman–Crippen LogP) is 4.00.